The van der Waals surface area contributed by atoms with Gasteiger partial charge in [0.25, 0.3) is 0 Å². The third-order valence-corrected chi connectivity index (χ3v) is 2.82. The van der Waals surface area contributed by atoms with Crippen LogP contribution < -0.4 is 5.32 Å². The quantitative estimate of drug-likeness (QED) is 0.923. The molecule has 2 aromatic carbocycles. The Morgan fingerprint density at radius 1 is 1.05 bits per heavy atom. The van der Waals surface area contributed by atoms with Crippen molar-refractivity contribution in [3.8, 4) is 6.07 Å². The van der Waals surface area contributed by atoms with E-state index in [0.29, 0.717) is 5.56 Å². The van der Waals surface area contributed by atoms with Crippen molar-refractivity contribution >= 4 is 5.69 Å². The molecular formula is C15H11F3N2. The number of anilines is 1. The molecule has 0 unspecified atom stereocenters. The highest BCUT2D eigenvalue weighted by Gasteiger charge is 2.07. The minimum atomic E-state index is -0.583. The van der Waals surface area contributed by atoms with Gasteiger partial charge in [0.05, 0.1) is 17.3 Å². The van der Waals surface area contributed by atoms with Crippen molar-refractivity contribution < 1.29 is 13.2 Å². The van der Waals surface area contributed by atoms with E-state index in [4.69, 9.17) is 5.26 Å². The van der Waals surface area contributed by atoms with E-state index in [-0.39, 0.29) is 23.4 Å². The third kappa shape index (κ3) is 3.09. The lowest BCUT2D eigenvalue weighted by molar-refractivity contribution is 0.594. The summed E-state index contributed by atoms with van der Waals surface area (Å²) in [6.07, 6.45) is 0. The Kier molecular flexibility index (Phi) is 3.94. The van der Waals surface area contributed by atoms with Crippen molar-refractivity contribution in [2.75, 3.05) is 5.32 Å². The predicted molar refractivity (Wildman–Crippen MR) is 69.5 cm³/mol. The zero-order valence-corrected chi connectivity index (χ0v) is 10.7. The van der Waals surface area contributed by atoms with Crippen molar-refractivity contribution in [2.45, 2.75) is 13.5 Å². The molecule has 0 aliphatic rings. The van der Waals surface area contributed by atoms with E-state index >= 15 is 0 Å². The van der Waals surface area contributed by atoms with E-state index in [2.05, 4.69) is 5.32 Å². The molecule has 0 aliphatic heterocycles. The van der Waals surface area contributed by atoms with E-state index in [1.54, 1.807) is 0 Å². The van der Waals surface area contributed by atoms with Crippen LogP contribution >= 0.6 is 0 Å². The molecule has 0 aliphatic carbocycles. The summed E-state index contributed by atoms with van der Waals surface area (Å²) in [6.45, 7) is 1.56. The van der Waals surface area contributed by atoms with Crippen LogP contribution in [0.3, 0.4) is 0 Å². The van der Waals surface area contributed by atoms with Crippen LogP contribution in [-0.2, 0) is 6.54 Å². The Balaban J connectivity index is 2.19. The first kappa shape index (κ1) is 13.9. The largest absolute Gasteiger partial charge is 0.379 e. The van der Waals surface area contributed by atoms with Gasteiger partial charge in [-0.3, -0.25) is 0 Å². The maximum absolute atomic E-state index is 13.6. The average Bonchev–Trinajstić information content (AvgIpc) is 2.40. The normalized spacial score (nSPS) is 10.2. The van der Waals surface area contributed by atoms with Gasteiger partial charge >= 0.3 is 0 Å². The molecule has 5 heteroatoms. The summed E-state index contributed by atoms with van der Waals surface area (Å²) < 4.78 is 40.2. The van der Waals surface area contributed by atoms with E-state index in [1.807, 2.05) is 6.07 Å². The smallest absolute Gasteiger partial charge is 0.146 e. The minimum Gasteiger partial charge on any atom is -0.379 e. The molecule has 0 amide bonds. The summed E-state index contributed by atoms with van der Waals surface area (Å²) in [7, 11) is 0. The second kappa shape index (κ2) is 5.66. The van der Waals surface area contributed by atoms with Crippen LogP contribution in [0, 0.1) is 35.7 Å². The molecule has 2 rings (SSSR count). The summed E-state index contributed by atoms with van der Waals surface area (Å²) in [6, 6.07) is 7.79. The first-order valence-electron chi connectivity index (χ1n) is 5.88. The number of hydrogen-bond acceptors (Lipinski definition) is 2. The fourth-order valence-electron chi connectivity index (χ4n) is 1.80. The molecule has 20 heavy (non-hydrogen) atoms. The standard InChI is InChI=1S/C15H11F3N2/c1-9-2-14(18)15(6-13(9)17)20-8-11-3-10(7-19)4-12(16)5-11/h2-6,20H,8H2,1H3. The molecular weight excluding hydrogens is 265 g/mol. The molecule has 0 atom stereocenters. The van der Waals surface area contributed by atoms with Gasteiger partial charge in [-0.1, -0.05) is 0 Å². The van der Waals surface area contributed by atoms with Crippen LogP contribution in [0.1, 0.15) is 16.7 Å². The van der Waals surface area contributed by atoms with E-state index in [9.17, 15) is 13.2 Å². The highest BCUT2D eigenvalue weighted by molar-refractivity contribution is 5.47. The molecule has 0 radical (unpaired) electrons. The second-order valence-electron chi connectivity index (χ2n) is 4.39. The lowest BCUT2D eigenvalue weighted by Crippen LogP contribution is -2.03. The van der Waals surface area contributed by atoms with Crippen molar-refractivity contribution in [3.05, 3.63) is 64.5 Å². The summed E-state index contributed by atoms with van der Waals surface area (Å²) in [4.78, 5) is 0. The molecule has 0 aromatic heterocycles. The van der Waals surface area contributed by atoms with Gasteiger partial charge in [-0.2, -0.15) is 5.26 Å². The zero-order valence-electron chi connectivity index (χ0n) is 10.7. The molecule has 0 saturated heterocycles. The summed E-state index contributed by atoms with van der Waals surface area (Å²) in [5.74, 6) is -1.65. The molecule has 0 fully saturated rings. The molecule has 0 heterocycles. The van der Waals surface area contributed by atoms with Crippen LogP contribution in [0.2, 0.25) is 0 Å². The van der Waals surface area contributed by atoms with Gasteiger partial charge in [0, 0.05) is 12.6 Å². The molecule has 0 bridgehead atoms. The first-order chi connectivity index (χ1) is 9.49. The van der Waals surface area contributed by atoms with Gasteiger partial charge in [0.15, 0.2) is 0 Å². The van der Waals surface area contributed by atoms with Crippen molar-refractivity contribution in [1.82, 2.24) is 0 Å². The fourth-order valence-corrected chi connectivity index (χ4v) is 1.80. The maximum atomic E-state index is 13.6. The third-order valence-electron chi connectivity index (χ3n) is 2.82. The van der Waals surface area contributed by atoms with Gasteiger partial charge < -0.3 is 5.32 Å². The van der Waals surface area contributed by atoms with Crippen LogP contribution in [0.25, 0.3) is 0 Å². The monoisotopic (exact) mass is 276 g/mol. The molecule has 102 valence electrons. The van der Waals surface area contributed by atoms with Crippen molar-refractivity contribution in [1.29, 1.82) is 5.26 Å². The molecule has 1 N–H and O–H groups in total. The first-order valence-corrected chi connectivity index (χ1v) is 5.88. The number of benzene rings is 2. The summed E-state index contributed by atoms with van der Waals surface area (Å²) >= 11 is 0. The number of aryl methyl sites for hydroxylation is 1. The summed E-state index contributed by atoms with van der Waals surface area (Å²) in [5, 5.41) is 11.4. The number of rotatable bonds is 3. The number of nitrogens with one attached hydrogen (secondary N) is 1. The van der Waals surface area contributed by atoms with Gasteiger partial charge in [-0.05, 0) is 42.3 Å². The molecule has 2 nitrogen and oxygen atoms in total. The number of nitriles is 1. The van der Waals surface area contributed by atoms with Gasteiger partial charge in [0.1, 0.15) is 17.5 Å². The minimum absolute atomic E-state index is 0.00383. The van der Waals surface area contributed by atoms with Gasteiger partial charge in [-0.15, -0.1) is 0 Å². The zero-order chi connectivity index (χ0) is 14.7. The van der Waals surface area contributed by atoms with Gasteiger partial charge in [-0.25, -0.2) is 13.2 Å². The Labute approximate surface area is 114 Å². The summed E-state index contributed by atoms with van der Waals surface area (Å²) in [5.41, 5.74) is 0.862. The topological polar surface area (TPSA) is 35.8 Å². The number of halogens is 3. The lowest BCUT2D eigenvalue weighted by atomic mass is 10.1. The van der Waals surface area contributed by atoms with Crippen LogP contribution in [0.4, 0.5) is 18.9 Å². The second-order valence-corrected chi connectivity index (χ2v) is 4.39. The van der Waals surface area contributed by atoms with Crippen molar-refractivity contribution in [2.24, 2.45) is 0 Å². The Bertz CT molecular complexity index is 690. The fraction of sp³-hybridized carbons (Fsp3) is 0.133. The van der Waals surface area contributed by atoms with Crippen LogP contribution in [0.5, 0.6) is 0 Å². The number of hydrogen-bond donors (Lipinski definition) is 1. The molecule has 0 saturated carbocycles. The van der Waals surface area contributed by atoms with Crippen molar-refractivity contribution in [3.63, 3.8) is 0 Å². The van der Waals surface area contributed by atoms with Crippen LogP contribution in [-0.4, -0.2) is 0 Å². The van der Waals surface area contributed by atoms with E-state index in [1.165, 1.54) is 19.1 Å². The number of nitrogens with zero attached hydrogens (tertiary/aromatic N) is 1. The van der Waals surface area contributed by atoms with E-state index < -0.39 is 17.5 Å². The average molecular weight is 276 g/mol. The highest BCUT2D eigenvalue weighted by Crippen LogP contribution is 2.20. The molecule has 0 spiro atoms. The van der Waals surface area contributed by atoms with Crippen LogP contribution in [0.15, 0.2) is 30.3 Å². The molecule has 2 aromatic rings. The lowest BCUT2D eigenvalue weighted by Gasteiger charge is -2.09. The van der Waals surface area contributed by atoms with E-state index in [0.717, 1.165) is 18.2 Å². The Morgan fingerprint density at radius 3 is 2.50 bits per heavy atom. The Morgan fingerprint density at radius 2 is 1.80 bits per heavy atom. The highest BCUT2D eigenvalue weighted by atomic mass is 19.1. The Hall–Kier alpha value is -2.48. The van der Waals surface area contributed by atoms with Gasteiger partial charge in [0.2, 0.25) is 0 Å². The maximum Gasteiger partial charge on any atom is 0.146 e. The predicted octanol–water partition coefficient (Wildman–Crippen LogP) is 3.90. The SMILES string of the molecule is Cc1cc(F)c(NCc2cc(F)cc(C#N)c2)cc1F.